The van der Waals surface area contributed by atoms with Gasteiger partial charge in [-0.3, -0.25) is 9.78 Å². The SMILES string of the molecule is CCOc1ccccc1C1C(C(=O)Nc2cccnc2)=C(C)Nc2nc(-c3ccccc3OC)nn21. The minimum Gasteiger partial charge on any atom is -0.496 e. The predicted molar refractivity (Wildman–Crippen MR) is 137 cm³/mol. The van der Waals surface area contributed by atoms with Crippen molar-refractivity contribution >= 4 is 17.5 Å². The van der Waals surface area contributed by atoms with Crippen molar-refractivity contribution in [3.63, 3.8) is 0 Å². The van der Waals surface area contributed by atoms with E-state index in [0.29, 0.717) is 46.8 Å². The molecule has 9 heteroatoms. The molecule has 0 spiro atoms. The van der Waals surface area contributed by atoms with Gasteiger partial charge in [-0.2, -0.15) is 4.98 Å². The van der Waals surface area contributed by atoms with Crippen LogP contribution in [-0.2, 0) is 4.79 Å². The average molecular weight is 483 g/mol. The number of allylic oxidation sites excluding steroid dienone is 1. The van der Waals surface area contributed by atoms with E-state index in [4.69, 9.17) is 19.6 Å². The molecule has 0 bridgehead atoms. The summed E-state index contributed by atoms with van der Waals surface area (Å²) in [4.78, 5) is 22.5. The Morgan fingerprint density at radius 2 is 1.86 bits per heavy atom. The van der Waals surface area contributed by atoms with E-state index < -0.39 is 6.04 Å². The van der Waals surface area contributed by atoms with Gasteiger partial charge in [-0.15, -0.1) is 5.10 Å². The Labute approximate surface area is 208 Å². The van der Waals surface area contributed by atoms with Gasteiger partial charge in [-0.1, -0.05) is 30.3 Å². The smallest absolute Gasteiger partial charge is 0.255 e. The van der Waals surface area contributed by atoms with Crippen LogP contribution in [0.2, 0.25) is 0 Å². The number of nitrogens with zero attached hydrogens (tertiary/aromatic N) is 4. The molecular formula is C27H26N6O3. The summed E-state index contributed by atoms with van der Waals surface area (Å²) in [6.45, 7) is 4.27. The van der Waals surface area contributed by atoms with Gasteiger partial charge in [-0.05, 0) is 44.2 Å². The van der Waals surface area contributed by atoms with Crippen molar-refractivity contribution in [1.29, 1.82) is 0 Å². The molecule has 2 N–H and O–H groups in total. The Hall–Kier alpha value is -4.66. The van der Waals surface area contributed by atoms with Crippen molar-refractivity contribution in [3.8, 4) is 22.9 Å². The molecule has 9 nitrogen and oxygen atoms in total. The second-order valence-electron chi connectivity index (χ2n) is 8.14. The molecule has 3 heterocycles. The van der Waals surface area contributed by atoms with Crippen LogP contribution in [0.4, 0.5) is 11.6 Å². The summed E-state index contributed by atoms with van der Waals surface area (Å²) in [7, 11) is 1.61. The zero-order valence-electron chi connectivity index (χ0n) is 20.2. The summed E-state index contributed by atoms with van der Waals surface area (Å²) in [5.74, 6) is 2.06. The molecule has 2 aromatic carbocycles. The van der Waals surface area contributed by atoms with E-state index in [0.717, 1.165) is 11.1 Å². The first-order valence-electron chi connectivity index (χ1n) is 11.6. The fourth-order valence-corrected chi connectivity index (χ4v) is 4.30. The average Bonchev–Trinajstić information content (AvgIpc) is 3.32. The highest BCUT2D eigenvalue weighted by molar-refractivity contribution is 6.06. The van der Waals surface area contributed by atoms with Gasteiger partial charge < -0.3 is 20.1 Å². The van der Waals surface area contributed by atoms with Crippen LogP contribution in [0.3, 0.4) is 0 Å². The van der Waals surface area contributed by atoms with Crippen LogP contribution in [0, 0.1) is 0 Å². The number of hydrogen-bond acceptors (Lipinski definition) is 7. The fraction of sp³-hybridized carbons (Fsp3) is 0.185. The Morgan fingerprint density at radius 3 is 2.61 bits per heavy atom. The van der Waals surface area contributed by atoms with Gasteiger partial charge in [0.15, 0.2) is 5.82 Å². The molecule has 0 fully saturated rings. The summed E-state index contributed by atoms with van der Waals surface area (Å²) < 4.78 is 13.2. The highest BCUT2D eigenvalue weighted by Gasteiger charge is 2.36. The van der Waals surface area contributed by atoms with Crippen molar-refractivity contribution in [3.05, 3.63) is 89.9 Å². The van der Waals surface area contributed by atoms with Gasteiger partial charge in [0.2, 0.25) is 5.95 Å². The Bertz CT molecular complexity index is 1430. The summed E-state index contributed by atoms with van der Waals surface area (Å²) in [5, 5.41) is 11.1. The molecule has 182 valence electrons. The second kappa shape index (κ2) is 9.91. The zero-order chi connectivity index (χ0) is 25.1. The number of amides is 1. The lowest BCUT2D eigenvalue weighted by Crippen LogP contribution is -2.31. The van der Waals surface area contributed by atoms with Crippen LogP contribution in [0.15, 0.2) is 84.3 Å². The molecule has 1 unspecified atom stereocenters. The molecule has 1 amide bonds. The van der Waals surface area contributed by atoms with Gasteiger partial charge in [0, 0.05) is 17.5 Å². The molecule has 0 radical (unpaired) electrons. The number of methoxy groups -OCH3 is 1. The van der Waals surface area contributed by atoms with Crippen molar-refractivity contribution in [2.45, 2.75) is 19.9 Å². The Balaban J connectivity index is 1.65. The van der Waals surface area contributed by atoms with E-state index >= 15 is 0 Å². The topological polar surface area (TPSA) is 103 Å². The van der Waals surface area contributed by atoms with Crippen molar-refractivity contribution in [2.75, 3.05) is 24.4 Å². The standard InChI is InChI=1S/C27H26N6O3/c1-4-36-22-14-8-5-11-19(22)24-23(26(34)30-18-10-9-15-28-16-18)17(2)29-27-31-25(32-33(24)27)20-12-6-7-13-21(20)35-3/h5-16,24H,4H2,1-3H3,(H,30,34)(H,29,31,32). The van der Waals surface area contributed by atoms with Crippen molar-refractivity contribution in [1.82, 2.24) is 19.7 Å². The number of ether oxygens (including phenoxy) is 2. The lowest BCUT2D eigenvalue weighted by molar-refractivity contribution is -0.113. The maximum atomic E-state index is 13.7. The molecule has 0 aliphatic carbocycles. The molecule has 0 saturated heterocycles. The third kappa shape index (κ3) is 4.26. The third-order valence-electron chi connectivity index (χ3n) is 5.88. The maximum absolute atomic E-state index is 13.7. The van der Waals surface area contributed by atoms with Crippen LogP contribution < -0.4 is 20.1 Å². The first-order chi connectivity index (χ1) is 17.6. The molecule has 0 saturated carbocycles. The van der Waals surface area contributed by atoms with Crippen LogP contribution in [0.25, 0.3) is 11.4 Å². The number of fused-ring (bicyclic) bond motifs is 1. The van der Waals surface area contributed by atoms with Gasteiger partial charge in [0.1, 0.15) is 17.5 Å². The van der Waals surface area contributed by atoms with Crippen LogP contribution in [0.1, 0.15) is 25.5 Å². The molecule has 2 aromatic heterocycles. The zero-order valence-corrected chi connectivity index (χ0v) is 20.2. The van der Waals surface area contributed by atoms with Crippen molar-refractivity contribution < 1.29 is 14.3 Å². The second-order valence-corrected chi connectivity index (χ2v) is 8.14. The number of benzene rings is 2. The molecule has 36 heavy (non-hydrogen) atoms. The number of pyridine rings is 1. The highest BCUT2D eigenvalue weighted by atomic mass is 16.5. The number of rotatable bonds is 7. The van der Waals surface area contributed by atoms with E-state index in [1.165, 1.54) is 0 Å². The quantitative estimate of drug-likeness (QED) is 0.394. The summed E-state index contributed by atoms with van der Waals surface area (Å²) in [6.07, 6.45) is 3.26. The normalized spacial score (nSPS) is 14.6. The molecule has 1 atom stereocenters. The minimum atomic E-state index is -0.586. The summed E-state index contributed by atoms with van der Waals surface area (Å²) in [6, 6.07) is 18.2. The highest BCUT2D eigenvalue weighted by Crippen LogP contribution is 2.41. The van der Waals surface area contributed by atoms with Crippen LogP contribution >= 0.6 is 0 Å². The third-order valence-corrected chi connectivity index (χ3v) is 5.88. The van der Waals surface area contributed by atoms with Crippen LogP contribution in [0.5, 0.6) is 11.5 Å². The minimum absolute atomic E-state index is 0.274. The Kier molecular flexibility index (Phi) is 6.36. The van der Waals surface area contributed by atoms with Gasteiger partial charge in [0.25, 0.3) is 5.91 Å². The molecular weight excluding hydrogens is 456 g/mol. The number of aromatic nitrogens is 4. The number of carbonyl (C=O) groups is 1. The first-order valence-corrected chi connectivity index (χ1v) is 11.6. The monoisotopic (exact) mass is 482 g/mol. The largest absolute Gasteiger partial charge is 0.496 e. The lowest BCUT2D eigenvalue weighted by atomic mass is 9.94. The molecule has 1 aliphatic heterocycles. The predicted octanol–water partition coefficient (Wildman–Crippen LogP) is 4.68. The molecule has 4 aromatic rings. The number of anilines is 2. The molecule has 5 rings (SSSR count). The summed E-state index contributed by atoms with van der Waals surface area (Å²) >= 11 is 0. The first kappa shape index (κ1) is 23.1. The van der Waals surface area contributed by atoms with Crippen LogP contribution in [-0.4, -0.2) is 39.4 Å². The van der Waals surface area contributed by atoms with Crippen molar-refractivity contribution in [2.24, 2.45) is 0 Å². The summed E-state index contributed by atoms with van der Waals surface area (Å²) in [5.41, 5.74) is 3.31. The van der Waals surface area contributed by atoms with E-state index in [1.807, 2.05) is 62.4 Å². The maximum Gasteiger partial charge on any atom is 0.255 e. The van der Waals surface area contributed by atoms with E-state index in [9.17, 15) is 4.79 Å². The van der Waals surface area contributed by atoms with E-state index in [-0.39, 0.29) is 5.91 Å². The van der Waals surface area contributed by atoms with E-state index in [1.54, 1.807) is 36.3 Å². The van der Waals surface area contributed by atoms with Gasteiger partial charge in [-0.25, -0.2) is 4.68 Å². The van der Waals surface area contributed by atoms with Gasteiger partial charge in [0.05, 0.1) is 36.7 Å². The number of para-hydroxylation sites is 2. The fourth-order valence-electron chi connectivity index (χ4n) is 4.30. The number of carbonyl (C=O) groups excluding carboxylic acids is 1. The van der Waals surface area contributed by atoms with E-state index in [2.05, 4.69) is 15.6 Å². The molecule has 1 aliphatic rings. The van der Waals surface area contributed by atoms with Gasteiger partial charge >= 0.3 is 0 Å². The Morgan fingerprint density at radius 1 is 1.08 bits per heavy atom. The lowest BCUT2D eigenvalue weighted by Gasteiger charge is -2.29. The number of nitrogens with one attached hydrogen (secondary N) is 2. The number of hydrogen-bond donors (Lipinski definition) is 2.